The maximum absolute atomic E-state index is 14.8. The molecule has 1 unspecified atom stereocenters. The third-order valence-corrected chi connectivity index (χ3v) is 18.1. The summed E-state index contributed by atoms with van der Waals surface area (Å²) in [5.74, 6) is -8.17. The fraction of sp³-hybridized carbons (Fsp3) is 0.707. The van der Waals surface area contributed by atoms with E-state index in [4.69, 9.17) is 38.9 Å². The Morgan fingerprint density at radius 2 is 1.51 bits per heavy atom. The number of ether oxygens (including phenoxy) is 7. The lowest BCUT2D eigenvalue weighted by Crippen LogP contribution is -2.61. The smallest absolute Gasteiger partial charge is 0.341 e. The highest BCUT2D eigenvalue weighted by molar-refractivity contribution is 5.92. The minimum atomic E-state index is -1.96. The maximum atomic E-state index is 14.8. The van der Waals surface area contributed by atoms with Crippen molar-refractivity contribution < 1.29 is 86.2 Å². The number of cyclic esters (lactones) is 1. The molecule has 0 spiro atoms. The summed E-state index contributed by atoms with van der Waals surface area (Å²) in [5, 5.41) is 54.6. The predicted octanol–water partition coefficient (Wildman–Crippen LogP) is 4.33. The van der Waals surface area contributed by atoms with E-state index in [1.807, 2.05) is 32.8 Å². The second-order valence-electron chi connectivity index (χ2n) is 24.2. The summed E-state index contributed by atoms with van der Waals surface area (Å²) in [6.45, 7) is 18.1. The van der Waals surface area contributed by atoms with E-state index in [2.05, 4.69) is 4.98 Å². The number of ketones is 1. The molecule has 24 heteroatoms. The number of anilines is 1. The van der Waals surface area contributed by atoms with Crippen molar-refractivity contribution in [3.8, 4) is 5.69 Å². The average Bonchev–Trinajstić information content (AvgIpc) is 3.59. The lowest BCUT2D eigenvalue weighted by Gasteiger charge is -2.50. The number of aliphatic hydroxyl groups is 4. The van der Waals surface area contributed by atoms with Gasteiger partial charge in [0.2, 0.25) is 5.43 Å². The molecule has 2 aromatic heterocycles. The highest BCUT2D eigenvalue weighted by atomic mass is 19.1. The Kier molecular flexibility index (Phi) is 19.8. The number of esters is 1. The number of nitrogens with zero attached hydrogens (tertiary/aromatic N) is 4. The molecule has 8 rings (SSSR count). The molecule has 82 heavy (non-hydrogen) atoms. The molecule has 4 saturated heterocycles. The number of methoxy groups -OCH3 is 2. The number of carboxylic acids is 1. The molecule has 6 heterocycles. The molecule has 4 aliphatic heterocycles. The Hall–Kier alpha value is -4.70. The molecule has 5 aliphatic rings. The fourth-order valence-electron chi connectivity index (χ4n) is 12.8. The first-order valence-corrected chi connectivity index (χ1v) is 28.1. The van der Waals surface area contributed by atoms with Gasteiger partial charge in [0.15, 0.2) is 29.9 Å². The van der Waals surface area contributed by atoms with E-state index in [0.29, 0.717) is 25.6 Å². The van der Waals surface area contributed by atoms with E-state index in [1.165, 1.54) is 21.1 Å². The van der Waals surface area contributed by atoms with Gasteiger partial charge in [-0.3, -0.25) is 19.0 Å². The van der Waals surface area contributed by atoms with Crippen LogP contribution in [0.5, 0.6) is 0 Å². The first kappa shape index (κ1) is 64.9. The van der Waals surface area contributed by atoms with Crippen LogP contribution in [0.15, 0.2) is 35.3 Å². The molecular weight excluding hydrogens is 1080 g/mol. The third kappa shape index (κ3) is 12.8. The van der Waals surface area contributed by atoms with Crippen LogP contribution >= 0.6 is 0 Å². The third-order valence-electron chi connectivity index (χ3n) is 18.1. The molecule has 1 saturated carbocycles. The van der Waals surface area contributed by atoms with E-state index in [1.54, 1.807) is 53.4 Å². The van der Waals surface area contributed by atoms with Crippen molar-refractivity contribution in [1.82, 2.24) is 14.5 Å². The van der Waals surface area contributed by atoms with Gasteiger partial charge in [-0.15, -0.1) is 0 Å². The number of hydrogen-bond acceptors (Lipinski definition) is 19. The van der Waals surface area contributed by atoms with Gasteiger partial charge in [0, 0.05) is 75.8 Å². The minimum absolute atomic E-state index is 0.0272. The lowest BCUT2D eigenvalue weighted by atomic mass is 9.74. The number of rotatable bonds is 11. The number of piperidine rings is 1. The number of benzene rings is 1. The molecule has 0 bridgehead atoms. The number of aromatic carboxylic acids is 1. The fourth-order valence-corrected chi connectivity index (χ4v) is 12.8. The quantitative estimate of drug-likeness (QED) is 0.146. The van der Waals surface area contributed by atoms with E-state index >= 15 is 0 Å². The van der Waals surface area contributed by atoms with Crippen molar-refractivity contribution >= 4 is 34.6 Å². The van der Waals surface area contributed by atoms with Gasteiger partial charge in [0.05, 0.1) is 58.7 Å². The maximum Gasteiger partial charge on any atom is 0.341 e. The Balaban J connectivity index is 0.000000270. The second-order valence-corrected chi connectivity index (χ2v) is 24.2. The number of nitrogens with two attached hydrogens (primary N) is 1. The summed E-state index contributed by atoms with van der Waals surface area (Å²) in [5.41, 5.74) is -0.304. The molecule has 0 radical (unpaired) electrons. The van der Waals surface area contributed by atoms with Gasteiger partial charge in [-0.05, 0) is 105 Å². The largest absolute Gasteiger partial charge is 0.477 e. The Morgan fingerprint density at radius 3 is 2.09 bits per heavy atom. The van der Waals surface area contributed by atoms with Crippen LogP contribution in [0.3, 0.4) is 0 Å². The number of Topliss-reactive ketones (excluding diaryl/α,β-unsaturated/α-hetero) is 1. The standard InChI is InChI=1S/C38H69NO13.C20H15F3N4O3/c1-15-26-38(10,45)31(42)21(4)28(40)19(2)17-37(9,47-14)33(52-35-29(41)25(39(11)12)16-20(3)48-35)22(5)30(23(6)34(44)50-26)51-27-18-36(8,46-13)32(43)24(7)49-27;21-8-1-2-15(13(22)3-8)27-7-12(20(29)30)17(28)9-4-14(23)19(25-18(9)27)26-5-10-11(6-26)16(10)24/h19-27,29-33,35,41-43,45H,15-18H2,1-14H3;1-4,7,10-11,16H,5-6,24H2,(H,29,30)/t19-,20-,21+,22+,23-,24+,25+,26-,27+,29-,30+,31-,32+,33-,35+,36-,37-,38-;10-,11+,16?/m1./s1. The molecule has 1 aromatic carbocycles. The summed E-state index contributed by atoms with van der Waals surface area (Å²) in [4.78, 5) is 60.1. The van der Waals surface area contributed by atoms with Gasteiger partial charge in [0.1, 0.15) is 46.9 Å². The number of carbonyl (C=O) groups is 3. The van der Waals surface area contributed by atoms with Crippen LogP contribution in [-0.2, 0) is 42.7 Å². The number of fused-ring (bicyclic) bond motifs is 2. The summed E-state index contributed by atoms with van der Waals surface area (Å²) in [7, 11) is 6.77. The molecule has 458 valence electrons. The number of carboxylic acid groups (broad SMARTS) is 1. The van der Waals surface area contributed by atoms with Crippen LogP contribution < -0.4 is 16.1 Å². The van der Waals surface area contributed by atoms with Crippen LogP contribution in [0.2, 0.25) is 0 Å². The van der Waals surface area contributed by atoms with Crippen molar-refractivity contribution in [2.24, 2.45) is 41.2 Å². The van der Waals surface area contributed by atoms with E-state index in [-0.39, 0.29) is 77.6 Å². The molecule has 1 aliphatic carbocycles. The Labute approximate surface area is 476 Å². The van der Waals surface area contributed by atoms with Gasteiger partial charge in [-0.1, -0.05) is 27.7 Å². The van der Waals surface area contributed by atoms with E-state index in [0.717, 1.165) is 29.0 Å². The number of pyridine rings is 2. The topological polar surface area (TPSA) is 284 Å². The van der Waals surface area contributed by atoms with Crippen LogP contribution in [0.1, 0.15) is 105 Å². The van der Waals surface area contributed by atoms with E-state index in [9.17, 15) is 57.9 Å². The van der Waals surface area contributed by atoms with Crippen LogP contribution in [0.25, 0.3) is 16.7 Å². The highest BCUT2D eigenvalue weighted by Gasteiger charge is 2.56. The monoisotopic (exact) mass is 1160 g/mol. The minimum Gasteiger partial charge on any atom is -0.477 e. The Bertz CT molecular complexity index is 2850. The first-order valence-electron chi connectivity index (χ1n) is 28.1. The molecule has 21 atom stereocenters. The number of carbonyl (C=O) groups excluding carboxylic acids is 2. The number of aliphatic hydroxyl groups excluding tert-OH is 3. The van der Waals surface area contributed by atoms with Crippen molar-refractivity contribution in [3.63, 3.8) is 0 Å². The number of hydrogen-bond donors (Lipinski definition) is 6. The average molecular weight is 1160 g/mol. The molecule has 3 aromatic rings. The van der Waals surface area contributed by atoms with Gasteiger partial charge in [-0.2, -0.15) is 0 Å². The zero-order valence-corrected chi connectivity index (χ0v) is 49.2. The van der Waals surface area contributed by atoms with E-state index < -0.39 is 136 Å². The second kappa shape index (κ2) is 25.1. The van der Waals surface area contributed by atoms with Crippen molar-refractivity contribution in [2.45, 2.75) is 185 Å². The van der Waals surface area contributed by atoms with Crippen LogP contribution in [-0.4, -0.2) is 189 Å². The molecule has 5 fully saturated rings. The summed E-state index contributed by atoms with van der Waals surface area (Å²) in [6, 6.07) is 3.41. The number of halogens is 3. The number of likely N-dealkylation sites (N-methyl/N-ethyl adjacent to an activating group) is 1. The summed E-state index contributed by atoms with van der Waals surface area (Å²) < 4.78 is 87.6. The van der Waals surface area contributed by atoms with Crippen molar-refractivity contribution in [2.75, 3.05) is 46.3 Å². The van der Waals surface area contributed by atoms with Gasteiger partial charge in [-0.25, -0.2) is 22.9 Å². The van der Waals surface area contributed by atoms with Gasteiger partial charge < -0.3 is 74.2 Å². The molecule has 7 N–H and O–H groups in total. The van der Waals surface area contributed by atoms with Crippen LogP contribution in [0, 0.1) is 53.0 Å². The van der Waals surface area contributed by atoms with Gasteiger partial charge >= 0.3 is 11.9 Å². The highest BCUT2D eigenvalue weighted by Crippen LogP contribution is 2.46. The zero-order chi connectivity index (χ0) is 61.0. The Morgan fingerprint density at radius 1 is 0.878 bits per heavy atom. The van der Waals surface area contributed by atoms with Gasteiger partial charge in [0.25, 0.3) is 0 Å². The normalized spacial score (nSPS) is 39.3. The summed E-state index contributed by atoms with van der Waals surface area (Å²) >= 11 is 0. The summed E-state index contributed by atoms with van der Waals surface area (Å²) in [6.07, 6.45) is -7.82. The predicted molar refractivity (Wildman–Crippen MR) is 292 cm³/mol. The number of aromatic nitrogens is 2. The lowest BCUT2D eigenvalue weighted by molar-refractivity contribution is -0.319. The molecule has 21 nitrogen and oxygen atoms in total. The zero-order valence-electron chi connectivity index (χ0n) is 49.2. The first-order chi connectivity index (χ1) is 38.2. The molecule has 0 amide bonds. The van der Waals surface area contributed by atoms with Crippen LogP contribution in [0.4, 0.5) is 19.0 Å². The molecular formula is C58H84F3N5O16. The van der Waals surface area contributed by atoms with Crippen molar-refractivity contribution in [3.05, 3.63) is 63.7 Å². The SMILES string of the molecule is CC[C@H]1OC(=O)[C@H](C)[C@@H](O[C@H]2C[C@@](C)(OC)[C@@H](O)[C@H](C)O2)[C@H](C)[C@@H](O[C@@H]2O[C@H](C)C[C@H](N(C)C)[C@H]2O)[C@](C)(OC)C[C@@H](C)C(=O)[C@H](C)[C@@H](O)[C@]1(C)O.NC1[C@H]2CN(c3nc4c(cc3F)c(=O)c(C(=O)O)cn4-c3ccc(F)cc3F)C[C@@H]12. The van der Waals surface area contributed by atoms with Crippen molar-refractivity contribution in [1.29, 1.82) is 0 Å².